The van der Waals surface area contributed by atoms with E-state index in [1.165, 1.54) is 21.9 Å². The molecule has 3 fully saturated rings. The van der Waals surface area contributed by atoms with Gasteiger partial charge in [0, 0.05) is 44.7 Å². The van der Waals surface area contributed by atoms with Crippen molar-refractivity contribution in [3.63, 3.8) is 0 Å². The van der Waals surface area contributed by atoms with E-state index in [4.69, 9.17) is 0 Å². The summed E-state index contributed by atoms with van der Waals surface area (Å²) in [6.45, 7) is 5.10. The molecule has 3 saturated heterocycles. The van der Waals surface area contributed by atoms with E-state index < -0.39 is 15.4 Å². The molecule has 0 unspecified atom stereocenters. The first-order valence-electron chi connectivity index (χ1n) is 9.80. The second kappa shape index (κ2) is 6.81. The minimum atomic E-state index is -3.37. The Balaban J connectivity index is 1.61. The summed E-state index contributed by atoms with van der Waals surface area (Å²) >= 11 is 1.44. The normalized spacial score (nSPS) is 28.0. The average Bonchev–Trinajstić information content (AvgIpc) is 3.36. The van der Waals surface area contributed by atoms with Crippen LogP contribution in [0.5, 0.6) is 0 Å². The second-order valence-electron chi connectivity index (χ2n) is 8.30. The predicted octanol–water partition coefficient (Wildman–Crippen LogP) is 1.48. The highest BCUT2D eigenvalue weighted by atomic mass is 32.2. The van der Waals surface area contributed by atoms with E-state index in [9.17, 15) is 18.0 Å². The Labute approximate surface area is 170 Å². The summed E-state index contributed by atoms with van der Waals surface area (Å²) in [7, 11) is -3.37. The Bertz CT molecular complexity index is 875. The number of rotatable bonds is 3. The molecular formula is C19H27N3O4S2. The largest absolute Gasteiger partial charge is 0.342 e. The van der Waals surface area contributed by atoms with Crippen LogP contribution in [0.15, 0.2) is 17.5 Å². The summed E-state index contributed by atoms with van der Waals surface area (Å²) in [5.74, 6) is 0.129. The number of hydrogen-bond acceptors (Lipinski definition) is 5. The number of thiophene rings is 1. The van der Waals surface area contributed by atoms with Crippen LogP contribution < -0.4 is 0 Å². The Morgan fingerprint density at radius 1 is 1.18 bits per heavy atom. The standard InChI is InChI=1S/C19H27N3O4S2/c1-3-20-11-8-19(17(20)24)14-22(28(2,25)26)13-18(19)6-9-21(10-7-18)16(23)15-5-4-12-27-15/h4-5,12H,3,6-11,13-14H2,1-2H3/t19-/m0/s1. The van der Waals surface area contributed by atoms with Crippen LogP contribution in [0.1, 0.15) is 35.9 Å². The molecule has 4 rings (SSSR count). The van der Waals surface area contributed by atoms with Gasteiger partial charge in [0.15, 0.2) is 0 Å². The van der Waals surface area contributed by atoms with Gasteiger partial charge in [-0.05, 0) is 37.6 Å². The molecule has 0 aromatic carbocycles. The van der Waals surface area contributed by atoms with Crippen LogP contribution in [-0.2, 0) is 14.8 Å². The van der Waals surface area contributed by atoms with Gasteiger partial charge in [-0.3, -0.25) is 9.59 Å². The lowest BCUT2D eigenvalue weighted by Gasteiger charge is -2.46. The smallest absolute Gasteiger partial charge is 0.263 e. The second-order valence-corrected chi connectivity index (χ2v) is 11.2. The number of sulfonamides is 1. The Hall–Kier alpha value is -1.45. The molecule has 1 atom stereocenters. The van der Waals surface area contributed by atoms with Crippen molar-refractivity contribution in [3.05, 3.63) is 22.4 Å². The molecule has 7 nitrogen and oxygen atoms in total. The maximum absolute atomic E-state index is 13.3. The molecule has 0 aliphatic carbocycles. The third-order valence-corrected chi connectivity index (χ3v) is 9.09. The van der Waals surface area contributed by atoms with Crippen LogP contribution in [0, 0.1) is 10.8 Å². The van der Waals surface area contributed by atoms with Crippen molar-refractivity contribution in [1.82, 2.24) is 14.1 Å². The first-order valence-corrected chi connectivity index (χ1v) is 12.5. The molecule has 0 radical (unpaired) electrons. The van der Waals surface area contributed by atoms with Crippen molar-refractivity contribution in [2.45, 2.75) is 26.2 Å². The maximum Gasteiger partial charge on any atom is 0.263 e. The fourth-order valence-electron chi connectivity index (χ4n) is 5.36. The molecule has 1 aromatic heterocycles. The number of piperidine rings is 1. The molecule has 3 aliphatic heterocycles. The minimum absolute atomic E-state index is 0.0322. The number of likely N-dealkylation sites (tertiary alicyclic amines) is 2. The lowest BCUT2D eigenvalue weighted by Crippen LogP contribution is -2.53. The van der Waals surface area contributed by atoms with Gasteiger partial charge in [-0.1, -0.05) is 6.07 Å². The van der Waals surface area contributed by atoms with Crippen LogP contribution in [0.3, 0.4) is 0 Å². The van der Waals surface area contributed by atoms with Crippen molar-refractivity contribution in [1.29, 1.82) is 0 Å². The van der Waals surface area contributed by atoms with Crippen LogP contribution in [0.25, 0.3) is 0 Å². The minimum Gasteiger partial charge on any atom is -0.342 e. The Kier molecular flexibility index (Phi) is 4.83. The van der Waals surface area contributed by atoms with Crippen LogP contribution in [0.2, 0.25) is 0 Å². The zero-order chi connectivity index (χ0) is 20.2. The first kappa shape index (κ1) is 19.8. The zero-order valence-corrected chi connectivity index (χ0v) is 18.0. The highest BCUT2D eigenvalue weighted by Gasteiger charge is 2.66. The van der Waals surface area contributed by atoms with Gasteiger partial charge in [-0.15, -0.1) is 11.3 Å². The van der Waals surface area contributed by atoms with Crippen LogP contribution >= 0.6 is 11.3 Å². The van der Waals surface area contributed by atoms with Gasteiger partial charge in [0.2, 0.25) is 15.9 Å². The van der Waals surface area contributed by atoms with Gasteiger partial charge in [0.05, 0.1) is 16.5 Å². The molecule has 0 bridgehead atoms. The van der Waals surface area contributed by atoms with E-state index >= 15 is 0 Å². The number of amides is 2. The molecule has 9 heteroatoms. The van der Waals surface area contributed by atoms with Gasteiger partial charge < -0.3 is 9.80 Å². The number of carbonyl (C=O) groups is 2. The van der Waals surface area contributed by atoms with E-state index in [1.54, 1.807) is 0 Å². The van der Waals surface area contributed by atoms with Crippen LogP contribution in [-0.4, -0.2) is 79.9 Å². The lowest BCUT2D eigenvalue weighted by atomic mass is 9.60. The van der Waals surface area contributed by atoms with Gasteiger partial charge in [-0.25, -0.2) is 12.7 Å². The number of carbonyl (C=O) groups excluding carboxylic acids is 2. The summed E-state index contributed by atoms with van der Waals surface area (Å²) in [4.78, 5) is 30.5. The van der Waals surface area contributed by atoms with Crippen molar-refractivity contribution < 1.29 is 18.0 Å². The fourth-order valence-corrected chi connectivity index (χ4v) is 6.98. The van der Waals surface area contributed by atoms with Gasteiger partial charge in [0.1, 0.15) is 0 Å². The number of fused-ring (bicyclic) bond motifs is 1. The van der Waals surface area contributed by atoms with Gasteiger partial charge >= 0.3 is 0 Å². The third-order valence-electron chi connectivity index (χ3n) is 7.04. The Morgan fingerprint density at radius 3 is 2.43 bits per heavy atom. The molecule has 2 amide bonds. The molecule has 28 heavy (non-hydrogen) atoms. The van der Waals surface area contributed by atoms with Crippen molar-refractivity contribution in [2.24, 2.45) is 10.8 Å². The topological polar surface area (TPSA) is 78.0 Å². The van der Waals surface area contributed by atoms with Gasteiger partial charge in [-0.2, -0.15) is 0 Å². The molecule has 0 N–H and O–H groups in total. The summed E-state index contributed by atoms with van der Waals surface area (Å²) in [6, 6.07) is 3.70. The molecular weight excluding hydrogens is 398 g/mol. The number of nitrogens with zero attached hydrogens (tertiary/aromatic N) is 3. The molecule has 4 heterocycles. The predicted molar refractivity (Wildman–Crippen MR) is 108 cm³/mol. The molecule has 1 aromatic rings. The molecule has 2 spiro atoms. The van der Waals surface area contributed by atoms with Crippen molar-refractivity contribution in [2.75, 3.05) is 45.5 Å². The van der Waals surface area contributed by atoms with E-state index in [2.05, 4.69) is 0 Å². The van der Waals surface area contributed by atoms with E-state index in [0.29, 0.717) is 52.0 Å². The number of hydrogen-bond donors (Lipinski definition) is 0. The summed E-state index contributed by atoms with van der Waals surface area (Å²) in [5.41, 5.74) is -1.03. The SMILES string of the molecule is CCN1CC[C@]2(CN(S(C)(=O)=O)CC23CCN(C(=O)c2cccs2)CC3)C1=O. The molecule has 3 aliphatic rings. The quantitative estimate of drug-likeness (QED) is 0.735. The molecule has 0 saturated carbocycles. The van der Waals surface area contributed by atoms with E-state index in [1.807, 2.05) is 34.2 Å². The monoisotopic (exact) mass is 425 g/mol. The average molecular weight is 426 g/mol. The highest BCUT2D eigenvalue weighted by molar-refractivity contribution is 7.88. The van der Waals surface area contributed by atoms with Crippen molar-refractivity contribution in [3.8, 4) is 0 Å². The Morgan fingerprint density at radius 2 is 1.89 bits per heavy atom. The highest BCUT2D eigenvalue weighted by Crippen LogP contribution is 2.58. The third kappa shape index (κ3) is 2.90. The van der Waals surface area contributed by atoms with E-state index in [-0.39, 0.29) is 23.8 Å². The van der Waals surface area contributed by atoms with Crippen LogP contribution in [0.4, 0.5) is 0 Å². The zero-order valence-electron chi connectivity index (χ0n) is 16.4. The summed E-state index contributed by atoms with van der Waals surface area (Å²) in [5, 5.41) is 1.89. The fraction of sp³-hybridized carbons (Fsp3) is 0.684. The van der Waals surface area contributed by atoms with E-state index in [0.717, 1.165) is 4.88 Å². The van der Waals surface area contributed by atoms with Crippen molar-refractivity contribution >= 4 is 33.2 Å². The van der Waals surface area contributed by atoms with Gasteiger partial charge in [0.25, 0.3) is 5.91 Å². The first-order chi connectivity index (χ1) is 13.2. The maximum atomic E-state index is 13.3. The lowest BCUT2D eigenvalue weighted by molar-refractivity contribution is -0.141. The summed E-state index contributed by atoms with van der Waals surface area (Å²) in [6.07, 6.45) is 3.26. The summed E-state index contributed by atoms with van der Waals surface area (Å²) < 4.78 is 26.1. The molecule has 154 valence electrons.